The Balaban J connectivity index is 2.14. The first-order valence-electron chi connectivity index (χ1n) is 21.7. The lowest BCUT2D eigenvalue weighted by molar-refractivity contribution is -0.311. The number of aromatic nitrogens is 1. The highest BCUT2D eigenvalue weighted by atomic mass is 32.1. The van der Waals surface area contributed by atoms with Gasteiger partial charge in [0.2, 0.25) is 0 Å². The maximum Gasteiger partial charge on any atom is 0.407 e. The Bertz CT molecular complexity index is 1860. The molecule has 0 bridgehead atoms. The number of allylic oxidation sites excluding steroid dienone is 8. The second-order valence-electron chi connectivity index (χ2n) is 17.3. The van der Waals surface area contributed by atoms with Crippen LogP contribution in [0.15, 0.2) is 87.9 Å². The molecule has 0 aliphatic carbocycles. The van der Waals surface area contributed by atoms with E-state index in [9.17, 15) is 35.1 Å². The lowest BCUT2D eigenvalue weighted by Gasteiger charge is -2.41. The number of rotatable bonds is 9. The van der Waals surface area contributed by atoms with E-state index in [1.54, 1.807) is 26.2 Å². The Labute approximate surface area is 377 Å². The van der Waals surface area contributed by atoms with Gasteiger partial charge in [-0.15, -0.1) is 11.3 Å². The van der Waals surface area contributed by atoms with Gasteiger partial charge in [0.05, 0.1) is 30.6 Å². The molecule has 0 aromatic carbocycles. The quantitative estimate of drug-likeness (QED) is 0.111. The molecule has 2 aliphatic rings. The first-order valence-corrected chi connectivity index (χ1v) is 22.5. The van der Waals surface area contributed by atoms with Gasteiger partial charge >= 0.3 is 12.1 Å². The zero-order valence-electron chi connectivity index (χ0n) is 38.9. The molecule has 352 valence electrons. The van der Waals surface area contributed by atoms with E-state index in [1.165, 1.54) is 18.4 Å². The molecule has 0 unspecified atom stereocenters. The number of methoxy groups -OCH3 is 1. The Morgan fingerprint density at radius 2 is 1.68 bits per heavy atom. The molecule has 2 aliphatic heterocycles. The van der Waals surface area contributed by atoms with Crippen molar-refractivity contribution < 1.29 is 58.8 Å². The predicted molar refractivity (Wildman–Crippen MR) is 243 cm³/mol. The van der Waals surface area contributed by atoms with E-state index in [1.807, 2.05) is 110 Å². The molecule has 3 rings (SSSR count). The summed E-state index contributed by atoms with van der Waals surface area (Å²) in [6.07, 6.45) is 6.38. The molecule has 0 spiro atoms. The summed E-state index contributed by atoms with van der Waals surface area (Å²) in [5.74, 6) is -1.37. The summed E-state index contributed by atoms with van der Waals surface area (Å²) in [7, 11) is 3.07. The zero-order valence-corrected chi connectivity index (χ0v) is 39.7. The summed E-state index contributed by atoms with van der Waals surface area (Å²) in [5.41, 5.74) is 4.36. The minimum Gasteiger partial charge on any atom is -0.452 e. The van der Waals surface area contributed by atoms with Crippen LogP contribution in [0.5, 0.6) is 0 Å². The van der Waals surface area contributed by atoms with Crippen LogP contribution < -0.4 is 5.32 Å². The van der Waals surface area contributed by atoms with Gasteiger partial charge in [0.1, 0.15) is 29.4 Å². The first kappa shape index (κ1) is 53.6. The third-order valence-electron chi connectivity index (χ3n) is 11.1. The predicted octanol–water partition coefficient (Wildman–Crippen LogP) is 6.89. The highest BCUT2D eigenvalue weighted by Crippen LogP contribution is 2.35. The average molecular weight is 901 g/mol. The second kappa shape index (κ2) is 25.6. The summed E-state index contributed by atoms with van der Waals surface area (Å²) < 4.78 is 30.0. The normalized spacial score (nSPS) is 31.7. The fourth-order valence-corrected chi connectivity index (χ4v) is 8.29. The molecule has 0 saturated carbocycles. The summed E-state index contributed by atoms with van der Waals surface area (Å²) in [5, 5.41) is 57.7. The molecule has 1 amide bonds. The first-order chi connectivity index (χ1) is 29.7. The SMILES string of the molecule is CNC(=O)O[C@@H](CC(C)C)c1nc([C@H]2OC(=O)C(C)=CCC(C)=C[C@@H](O)[C@@H](C)C=C(C)C=C(C)C=C[C@@H](O[C@@H]3O[C@H](CO)[C@@H](O)[C@H](O)[C@H]3O)[C@H](C)[C@H](OC)C(C)=CC=C[C@@H]2C)cs1. The molecule has 1 aromatic heterocycles. The largest absolute Gasteiger partial charge is 0.452 e. The number of nitrogens with zero attached hydrogens (tertiary/aromatic N) is 1. The number of carbonyl (C=O) groups is 2. The number of amides is 1. The van der Waals surface area contributed by atoms with Gasteiger partial charge in [-0.05, 0) is 59.0 Å². The van der Waals surface area contributed by atoms with E-state index in [2.05, 4.69) is 5.32 Å². The van der Waals surface area contributed by atoms with E-state index in [-0.39, 0.29) is 17.8 Å². The fourth-order valence-electron chi connectivity index (χ4n) is 7.41. The van der Waals surface area contributed by atoms with Gasteiger partial charge in [-0.1, -0.05) is 106 Å². The average Bonchev–Trinajstić information content (AvgIpc) is 3.72. The van der Waals surface area contributed by atoms with Crippen LogP contribution in [0, 0.1) is 23.7 Å². The standard InChI is InChI=1S/C48H72N2O12S/c1-26(2)20-38(61-48(57)49-11)45-50-35(25-63-45)44-31(7)15-13-14-30(6)43(58-12)34(10)37(59-47-42(55)41(54)40(53)39(24-51)60-47)19-17-27(3)21-29(5)22-33(9)36(52)23-28(4)16-18-32(8)46(56)62-44/h13-15,17-19,21-23,25-26,31,33-34,36-44,47,51-55H,16,20,24H2,1-12H3,(H,49,57)/t31-,33-,34-,36+,37+,38-,39+,40+,41-,42+,43+,44-,47+/m0/s1. The highest BCUT2D eigenvalue weighted by molar-refractivity contribution is 7.09. The molecule has 1 saturated heterocycles. The van der Waals surface area contributed by atoms with Gasteiger partial charge in [0.25, 0.3) is 0 Å². The van der Waals surface area contributed by atoms with Gasteiger partial charge in [-0.2, -0.15) is 0 Å². The van der Waals surface area contributed by atoms with Crippen LogP contribution in [-0.2, 0) is 28.5 Å². The summed E-state index contributed by atoms with van der Waals surface area (Å²) in [6.45, 7) is 18.6. The highest BCUT2D eigenvalue weighted by Gasteiger charge is 2.45. The summed E-state index contributed by atoms with van der Waals surface area (Å²) >= 11 is 1.33. The van der Waals surface area contributed by atoms with Crippen molar-refractivity contribution in [1.29, 1.82) is 0 Å². The number of carbonyl (C=O) groups excluding carboxylic acids is 2. The number of ether oxygens (including phenoxy) is 5. The third kappa shape index (κ3) is 16.0. The number of aliphatic hydroxyl groups excluding tert-OH is 5. The smallest absolute Gasteiger partial charge is 0.407 e. The third-order valence-corrected chi connectivity index (χ3v) is 12.1. The van der Waals surface area contributed by atoms with Crippen LogP contribution >= 0.6 is 11.3 Å². The molecule has 14 nitrogen and oxygen atoms in total. The number of thiazole rings is 1. The van der Waals surface area contributed by atoms with Crippen molar-refractivity contribution in [2.24, 2.45) is 23.7 Å². The van der Waals surface area contributed by atoms with Crippen LogP contribution in [0.3, 0.4) is 0 Å². The van der Waals surface area contributed by atoms with E-state index in [0.717, 1.165) is 22.3 Å². The summed E-state index contributed by atoms with van der Waals surface area (Å²) in [6, 6.07) is 0. The zero-order chi connectivity index (χ0) is 47.1. The maximum atomic E-state index is 13.7. The topological polar surface area (TPSA) is 206 Å². The van der Waals surface area contributed by atoms with Crippen molar-refractivity contribution in [1.82, 2.24) is 10.3 Å². The van der Waals surface area contributed by atoms with Crippen molar-refractivity contribution >= 4 is 23.4 Å². The van der Waals surface area contributed by atoms with E-state index in [4.69, 9.17) is 28.7 Å². The van der Waals surface area contributed by atoms with Crippen LogP contribution in [-0.4, -0.2) is 112 Å². The molecule has 6 N–H and O–H groups in total. The molecular formula is C48H72N2O12S. The molecule has 1 aromatic rings. The minimum atomic E-state index is -1.62. The van der Waals surface area contributed by atoms with Crippen LogP contribution in [0.25, 0.3) is 0 Å². The monoisotopic (exact) mass is 900 g/mol. The van der Waals surface area contributed by atoms with E-state index in [0.29, 0.717) is 29.1 Å². The number of nitrogens with one attached hydrogen (secondary N) is 1. The van der Waals surface area contributed by atoms with Gasteiger partial charge < -0.3 is 54.5 Å². The Morgan fingerprint density at radius 1 is 0.984 bits per heavy atom. The van der Waals surface area contributed by atoms with Crippen molar-refractivity contribution in [2.45, 2.75) is 143 Å². The number of hydrogen-bond donors (Lipinski definition) is 6. The minimum absolute atomic E-state index is 0.203. The van der Waals surface area contributed by atoms with Crippen LogP contribution in [0.2, 0.25) is 0 Å². The second-order valence-corrected chi connectivity index (χ2v) is 18.2. The Morgan fingerprint density at radius 3 is 2.32 bits per heavy atom. The van der Waals surface area contributed by atoms with E-state index < -0.39 is 85.8 Å². The summed E-state index contributed by atoms with van der Waals surface area (Å²) in [4.78, 5) is 30.9. The van der Waals surface area contributed by atoms with Gasteiger partial charge in [-0.25, -0.2) is 14.6 Å². The molecule has 13 atom stereocenters. The Hall–Kier alpha value is -3.77. The van der Waals surface area contributed by atoms with Gasteiger partial charge in [0.15, 0.2) is 18.5 Å². The number of hydrogen-bond acceptors (Lipinski definition) is 14. The molecule has 1 fully saturated rings. The van der Waals surface area contributed by atoms with Crippen molar-refractivity contribution in [2.75, 3.05) is 20.8 Å². The van der Waals surface area contributed by atoms with E-state index >= 15 is 0 Å². The number of cyclic esters (lactones) is 1. The molecule has 3 heterocycles. The van der Waals surface area contributed by atoms with Crippen molar-refractivity contribution in [3.8, 4) is 0 Å². The number of alkyl carbamates (subject to hydrolysis) is 1. The fraction of sp³-hybridized carbons (Fsp3) is 0.604. The lowest BCUT2D eigenvalue weighted by Crippen LogP contribution is -2.60. The van der Waals surface area contributed by atoms with Crippen molar-refractivity contribution in [3.63, 3.8) is 0 Å². The molecule has 63 heavy (non-hydrogen) atoms. The maximum absolute atomic E-state index is 13.7. The molecule has 0 radical (unpaired) electrons. The lowest BCUT2D eigenvalue weighted by atomic mass is 9.91. The van der Waals surface area contributed by atoms with Gasteiger partial charge in [-0.3, -0.25) is 0 Å². The van der Waals surface area contributed by atoms with Gasteiger partial charge in [0, 0.05) is 42.9 Å². The number of esters is 1. The van der Waals surface area contributed by atoms with Crippen molar-refractivity contribution in [3.05, 3.63) is 98.6 Å². The van der Waals surface area contributed by atoms with Crippen LogP contribution in [0.4, 0.5) is 4.79 Å². The molecular weight excluding hydrogens is 829 g/mol. The molecule has 15 heteroatoms. The van der Waals surface area contributed by atoms with Crippen LogP contribution in [0.1, 0.15) is 105 Å². The number of aliphatic hydroxyl groups is 5. The Kier molecular flexibility index (Phi) is 21.8.